The summed E-state index contributed by atoms with van der Waals surface area (Å²) >= 11 is 0. The Labute approximate surface area is 183 Å². The number of halogens is 2. The van der Waals surface area contributed by atoms with Gasteiger partial charge in [-0.15, -0.1) is 0 Å². The van der Waals surface area contributed by atoms with Crippen molar-refractivity contribution in [1.29, 1.82) is 0 Å². The minimum absolute atomic E-state index is 0.0272. The summed E-state index contributed by atoms with van der Waals surface area (Å²) in [6, 6.07) is 15.0. The molecule has 0 atom stereocenters. The number of benzene rings is 3. The molecule has 1 aliphatic rings. The van der Waals surface area contributed by atoms with Gasteiger partial charge < -0.3 is 18.9 Å². The van der Waals surface area contributed by atoms with Gasteiger partial charge in [-0.1, -0.05) is 12.1 Å². The van der Waals surface area contributed by atoms with Gasteiger partial charge in [0, 0.05) is 17.3 Å². The summed E-state index contributed by atoms with van der Waals surface area (Å²) in [5.41, 5.74) is 1.00. The quantitative estimate of drug-likeness (QED) is 0.554. The Morgan fingerprint density at radius 1 is 0.938 bits per heavy atom. The van der Waals surface area contributed by atoms with Crippen LogP contribution in [-0.4, -0.2) is 35.4 Å². The predicted molar refractivity (Wildman–Crippen MR) is 113 cm³/mol. The first-order valence-electron chi connectivity index (χ1n) is 9.51. The summed E-state index contributed by atoms with van der Waals surface area (Å²) in [7, 11) is -2.48. The van der Waals surface area contributed by atoms with Crippen molar-refractivity contribution in [2.45, 2.75) is 11.5 Å². The smallest absolute Gasteiger partial charge is 0.387 e. The third-order valence-corrected chi connectivity index (χ3v) is 6.05. The highest BCUT2D eigenvalue weighted by molar-refractivity contribution is 7.92. The van der Waals surface area contributed by atoms with E-state index < -0.39 is 16.6 Å². The van der Waals surface area contributed by atoms with Crippen molar-refractivity contribution in [2.75, 3.05) is 25.0 Å². The van der Waals surface area contributed by atoms with Crippen molar-refractivity contribution < 1.29 is 36.1 Å². The van der Waals surface area contributed by atoms with Gasteiger partial charge in [0.05, 0.1) is 12.0 Å². The highest BCUT2D eigenvalue weighted by Crippen LogP contribution is 2.36. The maximum Gasteiger partial charge on any atom is 0.387 e. The van der Waals surface area contributed by atoms with Crippen LogP contribution in [0.5, 0.6) is 23.0 Å². The van der Waals surface area contributed by atoms with E-state index in [9.17, 15) is 17.2 Å². The molecule has 0 aromatic heterocycles. The normalized spacial score (nSPS) is 13.0. The largest absolute Gasteiger partial charge is 0.497 e. The van der Waals surface area contributed by atoms with Crippen LogP contribution in [0.3, 0.4) is 0 Å². The molecule has 0 fully saturated rings. The molecule has 0 unspecified atom stereocenters. The Kier molecular flexibility index (Phi) is 6.04. The molecule has 3 aromatic rings. The molecule has 0 aliphatic carbocycles. The predicted octanol–water partition coefficient (Wildman–Crippen LogP) is 4.54. The molecule has 4 rings (SSSR count). The second kappa shape index (κ2) is 8.91. The summed E-state index contributed by atoms with van der Waals surface area (Å²) in [6.45, 7) is -2.33. The molecule has 168 valence electrons. The first-order valence-corrected chi connectivity index (χ1v) is 11.0. The van der Waals surface area contributed by atoms with Crippen molar-refractivity contribution in [2.24, 2.45) is 0 Å². The summed E-state index contributed by atoms with van der Waals surface area (Å²) < 4.78 is 74.6. The van der Waals surface area contributed by atoms with Crippen LogP contribution in [-0.2, 0) is 10.0 Å². The van der Waals surface area contributed by atoms with Crippen LogP contribution in [0.15, 0.2) is 65.6 Å². The van der Waals surface area contributed by atoms with Crippen LogP contribution >= 0.6 is 0 Å². The van der Waals surface area contributed by atoms with Gasteiger partial charge in [0.15, 0.2) is 11.5 Å². The van der Waals surface area contributed by atoms with Gasteiger partial charge in [-0.25, -0.2) is 8.42 Å². The fraction of sp³-hybridized carbons (Fsp3) is 0.182. The van der Waals surface area contributed by atoms with Crippen LogP contribution in [0, 0.1) is 0 Å². The highest BCUT2D eigenvalue weighted by Gasteiger charge is 2.21. The van der Waals surface area contributed by atoms with Crippen LogP contribution < -0.4 is 23.7 Å². The molecule has 10 heteroatoms. The molecule has 0 bridgehead atoms. The zero-order chi connectivity index (χ0) is 22.7. The Balaban J connectivity index is 1.67. The molecule has 0 spiro atoms. The van der Waals surface area contributed by atoms with E-state index in [1.54, 1.807) is 24.3 Å². The summed E-state index contributed by atoms with van der Waals surface area (Å²) in [5.74, 6) is 1.29. The average molecular weight is 463 g/mol. The topological polar surface area (TPSA) is 83.1 Å². The van der Waals surface area contributed by atoms with Crippen molar-refractivity contribution in [1.82, 2.24) is 0 Å². The molecule has 0 amide bonds. The van der Waals surface area contributed by atoms with Crippen LogP contribution in [0.2, 0.25) is 0 Å². The van der Waals surface area contributed by atoms with Gasteiger partial charge in [0.1, 0.15) is 24.7 Å². The van der Waals surface area contributed by atoms with E-state index in [4.69, 9.17) is 14.2 Å². The van der Waals surface area contributed by atoms with Crippen molar-refractivity contribution >= 4 is 15.7 Å². The van der Waals surface area contributed by atoms with Crippen LogP contribution in [0.1, 0.15) is 0 Å². The number of sulfonamides is 1. The zero-order valence-electron chi connectivity index (χ0n) is 16.9. The molecule has 0 radical (unpaired) electrons. The molecular weight excluding hydrogens is 444 g/mol. The van der Waals surface area contributed by atoms with E-state index in [0.29, 0.717) is 36.0 Å². The number of fused-ring (bicyclic) bond motifs is 1. The fourth-order valence-electron chi connectivity index (χ4n) is 3.19. The van der Waals surface area contributed by atoms with E-state index in [1.807, 2.05) is 0 Å². The highest BCUT2D eigenvalue weighted by atomic mass is 32.2. The Morgan fingerprint density at radius 3 is 2.34 bits per heavy atom. The van der Waals surface area contributed by atoms with E-state index in [-0.39, 0.29) is 21.9 Å². The average Bonchev–Trinajstić information content (AvgIpc) is 2.79. The zero-order valence-corrected chi connectivity index (χ0v) is 17.7. The number of ether oxygens (including phenoxy) is 4. The van der Waals surface area contributed by atoms with Crippen molar-refractivity contribution in [3.8, 4) is 34.1 Å². The summed E-state index contributed by atoms with van der Waals surface area (Å²) in [5, 5.41) is 0. The van der Waals surface area contributed by atoms with Crippen LogP contribution in [0.25, 0.3) is 11.1 Å². The van der Waals surface area contributed by atoms with Gasteiger partial charge >= 0.3 is 6.61 Å². The molecule has 0 saturated heterocycles. The molecular formula is C22H19F2NO6S. The minimum Gasteiger partial charge on any atom is -0.497 e. The van der Waals surface area contributed by atoms with Crippen molar-refractivity contribution in [3.63, 3.8) is 0 Å². The van der Waals surface area contributed by atoms with Crippen molar-refractivity contribution in [3.05, 3.63) is 60.7 Å². The van der Waals surface area contributed by atoms with Gasteiger partial charge in [-0.3, -0.25) is 4.72 Å². The third kappa shape index (κ3) is 4.70. The van der Waals surface area contributed by atoms with Gasteiger partial charge in [-0.2, -0.15) is 8.78 Å². The lowest BCUT2D eigenvalue weighted by molar-refractivity contribution is -0.0494. The van der Waals surface area contributed by atoms with Gasteiger partial charge in [0.2, 0.25) is 0 Å². The second-order valence-corrected chi connectivity index (χ2v) is 8.41. The molecule has 1 aliphatic heterocycles. The standard InChI is InChI=1S/C22H19F2NO6S/c1-28-16-5-2-14(3-6-16)18-12-15(4-8-19(18)31-22(23)24)25-32(26,27)17-7-9-20-21(13-17)30-11-10-29-20/h2-9,12-13,22,25H,10-11H2,1H3. The minimum atomic E-state index is -3.99. The first-order chi connectivity index (χ1) is 15.4. The lowest BCUT2D eigenvalue weighted by Crippen LogP contribution is -2.17. The number of rotatable bonds is 7. The first kappa shape index (κ1) is 21.7. The molecule has 3 aromatic carbocycles. The van der Waals surface area contributed by atoms with Gasteiger partial charge in [0.25, 0.3) is 10.0 Å². The fourth-order valence-corrected chi connectivity index (χ4v) is 4.26. The lowest BCUT2D eigenvalue weighted by atomic mass is 10.0. The SMILES string of the molecule is COc1ccc(-c2cc(NS(=O)(=O)c3ccc4c(c3)OCCO4)ccc2OC(F)F)cc1. The number of nitrogens with one attached hydrogen (secondary N) is 1. The number of anilines is 1. The number of methoxy groups -OCH3 is 1. The maximum absolute atomic E-state index is 12.9. The lowest BCUT2D eigenvalue weighted by Gasteiger charge is -2.19. The monoisotopic (exact) mass is 463 g/mol. The summed E-state index contributed by atoms with van der Waals surface area (Å²) in [6.07, 6.45) is 0. The van der Waals surface area contributed by atoms with Gasteiger partial charge in [-0.05, 0) is 48.0 Å². The van der Waals surface area contributed by atoms with E-state index >= 15 is 0 Å². The molecule has 7 nitrogen and oxygen atoms in total. The Morgan fingerprint density at radius 2 is 1.66 bits per heavy atom. The van der Waals surface area contributed by atoms with E-state index in [1.165, 1.54) is 43.5 Å². The Bertz CT molecular complexity index is 1220. The Hall–Kier alpha value is -3.53. The number of hydrogen-bond donors (Lipinski definition) is 1. The van der Waals surface area contributed by atoms with E-state index in [2.05, 4.69) is 9.46 Å². The number of hydrogen-bond acceptors (Lipinski definition) is 6. The molecule has 1 N–H and O–H groups in total. The summed E-state index contributed by atoms with van der Waals surface area (Å²) in [4.78, 5) is -0.0272. The third-order valence-electron chi connectivity index (χ3n) is 4.67. The number of alkyl halides is 2. The second-order valence-electron chi connectivity index (χ2n) is 6.73. The molecule has 0 saturated carbocycles. The maximum atomic E-state index is 12.9. The van der Waals surface area contributed by atoms with Crippen LogP contribution in [0.4, 0.5) is 14.5 Å². The van der Waals surface area contributed by atoms with E-state index in [0.717, 1.165) is 0 Å². The molecule has 1 heterocycles. The molecule has 32 heavy (non-hydrogen) atoms.